The van der Waals surface area contributed by atoms with E-state index < -0.39 is 0 Å². The molecule has 6 heteroatoms. The van der Waals surface area contributed by atoms with Crippen LogP contribution in [0.5, 0.6) is 0 Å². The van der Waals surface area contributed by atoms with E-state index in [4.69, 9.17) is 4.74 Å². The van der Waals surface area contributed by atoms with Gasteiger partial charge in [0.05, 0.1) is 18.4 Å². The van der Waals surface area contributed by atoms with Crippen LogP contribution in [-0.4, -0.2) is 52.1 Å². The van der Waals surface area contributed by atoms with Gasteiger partial charge in [0.15, 0.2) is 5.65 Å². The number of rotatable bonds is 7. The summed E-state index contributed by atoms with van der Waals surface area (Å²) < 4.78 is 7.18. The van der Waals surface area contributed by atoms with Crippen LogP contribution in [0.3, 0.4) is 0 Å². The number of hydrogen-bond donors (Lipinski definition) is 0. The van der Waals surface area contributed by atoms with Gasteiger partial charge in [-0.3, -0.25) is 4.79 Å². The average Bonchev–Trinajstić information content (AvgIpc) is 3.16. The molecule has 6 nitrogen and oxygen atoms in total. The normalized spacial score (nSPS) is 17.0. The van der Waals surface area contributed by atoms with Crippen LogP contribution in [0.25, 0.3) is 11.2 Å². The Morgan fingerprint density at radius 2 is 2.10 bits per heavy atom. The number of ether oxygens (including phenoxy) is 1. The molecule has 3 aromatic rings. The monoisotopic (exact) mass is 392 g/mol. The van der Waals surface area contributed by atoms with Gasteiger partial charge in [-0.25, -0.2) is 9.97 Å². The molecule has 0 N–H and O–H groups in total. The lowest BCUT2D eigenvalue weighted by Gasteiger charge is -2.32. The van der Waals surface area contributed by atoms with Crippen LogP contribution in [0, 0.1) is 5.92 Å². The van der Waals surface area contributed by atoms with Crippen LogP contribution >= 0.6 is 0 Å². The molecular formula is C23H28N4O2. The molecule has 0 bridgehead atoms. The van der Waals surface area contributed by atoms with Crippen molar-refractivity contribution in [3.63, 3.8) is 0 Å². The van der Waals surface area contributed by atoms with Crippen LogP contribution < -0.4 is 0 Å². The Morgan fingerprint density at radius 1 is 1.24 bits per heavy atom. The van der Waals surface area contributed by atoms with Gasteiger partial charge in [-0.15, -0.1) is 0 Å². The Balaban J connectivity index is 1.45. The molecule has 1 fully saturated rings. The zero-order chi connectivity index (χ0) is 20.1. The Hall–Kier alpha value is -2.73. The second-order valence-corrected chi connectivity index (χ2v) is 7.82. The number of likely N-dealkylation sites (tertiary alicyclic amines) is 1. The first-order valence-electron chi connectivity index (χ1n) is 10.4. The topological polar surface area (TPSA) is 60.2 Å². The molecule has 4 rings (SSSR count). The van der Waals surface area contributed by atoms with Crippen molar-refractivity contribution in [3.05, 3.63) is 60.0 Å². The fourth-order valence-corrected chi connectivity index (χ4v) is 4.15. The molecule has 0 saturated carbocycles. The van der Waals surface area contributed by atoms with E-state index in [9.17, 15) is 4.79 Å². The van der Waals surface area contributed by atoms with Gasteiger partial charge in [0.25, 0.3) is 5.91 Å². The highest BCUT2D eigenvalue weighted by atomic mass is 16.5. The number of benzene rings is 1. The average molecular weight is 393 g/mol. The van der Waals surface area contributed by atoms with Crippen LogP contribution in [0.15, 0.2) is 48.9 Å². The van der Waals surface area contributed by atoms with E-state index in [-0.39, 0.29) is 5.91 Å². The number of aromatic nitrogens is 3. The van der Waals surface area contributed by atoms with Crippen molar-refractivity contribution in [2.75, 3.05) is 26.8 Å². The van der Waals surface area contributed by atoms with Gasteiger partial charge < -0.3 is 14.2 Å². The van der Waals surface area contributed by atoms with Gasteiger partial charge in [0.1, 0.15) is 5.52 Å². The first-order valence-corrected chi connectivity index (χ1v) is 10.4. The smallest absolute Gasteiger partial charge is 0.255 e. The van der Waals surface area contributed by atoms with E-state index in [2.05, 4.69) is 22.1 Å². The minimum absolute atomic E-state index is 0.0634. The number of hydrogen-bond acceptors (Lipinski definition) is 4. The van der Waals surface area contributed by atoms with Gasteiger partial charge in [-0.05, 0) is 43.2 Å². The molecule has 3 heterocycles. The zero-order valence-corrected chi connectivity index (χ0v) is 17.0. The van der Waals surface area contributed by atoms with Crippen molar-refractivity contribution in [3.8, 4) is 0 Å². The Kier molecular flexibility index (Phi) is 6.20. The lowest BCUT2D eigenvalue weighted by atomic mass is 9.93. The molecule has 1 saturated heterocycles. The minimum atomic E-state index is 0.0634. The first kappa shape index (κ1) is 19.6. The molecule has 1 aliphatic heterocycles. The van der Waals surface area contributed by atoms with Crippen LogP contribution in [0.4, 0.5) is 0 Å². The Morgan fingerprint density at radius 3 is 2.93 bits per heavy atom. The summed E-state index contributed by atoms with van der Waals surface area (Å²) in [5.41, 5.74) is 3.39. The third-order valence-corrected chi connectivity index (χ3v) is 5.67. The van der Waals surface area contributed by atoms with Crippen molar-refractivity contribution in [2.45, 2.75) is 32.2 Å². The maximum atomic E-state index is 13.0. The van der Waals surface area contributed by atoms with Crippen molar-refractivity contribution in [1.82, 2.24) is 19.4 Å². The van der Waals surface area contributed by atoms with Crippen LogP contribution in [0.2, 0.25) is 0 Å². The fraction of sp³-hybridized carbons (Fsp3) is 0.435. The molecule has 1 aliphatic rings. The number of carbonyl (C=O) groups excluding carboxylic acids is 1. The maximum Gasteiger partial charge on any atom is 0.255 e. The summed E-state index contributed by atoms with van der Waals surface area (Å²) in [5.74, 6) is 0.623. The van der Waals surface area contributed by atoms with E-state index in [1.54, 1.807) is 19.6 Å². The molecule has 152 valence electrons. The van der Waals surface area contributed by atoms with Gasteiger partial charge in [0, 0.05) is 33.0 Å². The minimum Gasteiger partial charge on any atom is -0.385 e. The lowest BCUT2D eigenvalue weighted by Crippen LogP contribution is -2.40. The number of fused-ring (bicyclic) bond motifs is 1. The number of pyridine rings is 1. The highest BCUT2D eigenvalue weighted by molar-refractivity contribution is 5.96. The third kappa shape index (κ3) is 4.65. The predicted molar refractivity (Wildman–Crippen MR) is 113 cm³/mol. The molecule has 0 aliphatic carbocycles. The molecule has 0 spiro atoms. The highest BCUT2D eigenvalue weighted by Gasteiger charge is 2.25. The molecule has 1 unspecified atom stereocenters. The van der Waals surface area contributed by atoms with Crippen molar-refractivity contribution < 1.29 is 9.53 Å². The van der Waals surface area contributed by atoms with Crippen molar-refractivity contribution >= 4 is 17.1 Å². The van der Waals surface area contributed by atoms with E-state index in [0.717, 1.165) is 50.1 Å². The molecular weight excluding hydrogens is 364 g/mol. The highest BCUT2D eigenvalue weighted by Crippen LogP contribution is 2.23. The Labute approximate surface area is 171 Å². The standard InChI is InChI=1S/C23H28N4O2/c1-29-12-6-10-19-9-5-11-26(15-19)23(28)20-13-21-22(24-14-20)27(17-25-21)16-18-7-3-2-4-8-18/h2-4,7-8,13-14,17,19H,5-6,9-12,15-16H2,1H3. The summed E-state index contributed by atoms with van der Waals surface area (Å²) in [4.78, 5) is 24.1. The van der Waals surface area contributed by atoms with Crippen LogP contribution in [0.1, 0.15) is 41.6 Å². The third-order valence-electron chi connectivity index (χ3n) is 5.67. The maximum absolute atomic E-state index is 13.0. The quantitative estimate of drug-likeness (QED) is 0.575. The number of piperidine rings is 1. The van der Waals surface area contributed by atoms with Gasteiger partial charge in [0.2, 0.25) is 0 Å². The number of amides is 1. The van der Waals surface area contributed by atoms with Gasteiger partial charge in [-0.2, -0.15) is 0 Å². The largest absolute Gasteiger partial charge is 0.385 e. The lowest BCUT2D eigenvalue weighted by molar-refractivity contribution is 0.0660. The molecule has 29 heavy (non-hydrogen) atoms. The van der Waals surface area contributed by atoms with Crippen molar-refractivity contribution in [1.29, 1.82) is 0 Å². The summed E-state index contributed by atoms with van der Waals surface area (Å²) in [6.45, 7) is 3.15. The van der Waals surface area contributed by atoms with Crippen molar-refractivity contribution in [2.24, 2.45) is 5.92 Å². The summed E-state index contributed by atoms with van der Waals surface area (Å²) in [6, 6.07) is 12.1. The van der Waals surface area contributed by atoms with E-state index in [0.29, 0.717) is 18.0 Å². The molecule has 1 aromatic carbocycles. The predicted octanol–water partition coefficient (Wildman–Crippen LogP) is 3.76. The summed E-state index contributed by atoms with van der Waals surface area (Å²) in [6.07, 6.45) is 7.90. The van der Waals surface area contributed by atoms with E-state index >= 15 is 0 Å². The molecule has 0 radical (unpaired) electrons. The van der Waals surface area contributed by atoms with E-state index in [1.165, 1.54) is 12.0 Å². The van der Waals surface area contributed by atoms with Crippen LogP contribution in [-0.2, 0) is 11.3 Å². The number of carbonyl (C=O) groups is 1. The van der Waals surface area contributed by atoms with Gasteiger partial charge in [-0.1, -0.05) is 30.3 Å². The SMILES string of the molecule is COCCCC1CCCN(C(=O)c2cnc3c(c2)ncn3Cc2ccccc2)C1. The Bertz CT molecular complexity index is 954. The van der Waals surface area contributed by atoms with E-state index in [1.807, 2.05) is 33.7 Å². The number of nitrogens with zero attached hydrogens (tertiary/aromatic N) is 4. The second kappa shape index (κ2) is 9.18. The molecule has 2 aromatic heterocycles. The summed E-state index contributed by atoms with van der Waals surface area (Å²) >= 11 is 0. The molecule has 1 amide bonds. The first-order chi connectivity index (χ1) is 14.2. The fourth-order valence-electron chi connectivity index (χ4n) is 4.15. The summed E-state index contributed by atoms with van der Waals surface area (Å²) in [7, 11) is 1.74. The second-order valence-electron chi connectivity index (χ2n) is 7.82. The van der Waals surface area contributed by atoms with Gasteiger partial charge >= 0.3 is 0 Å². The zero-order valence-electron chi connectivity index (χ0n) is 17.0. The number of methoxy groups -OCH3 is 1. The number of imidazole rings is 1. The molecule has 1 atom stereocenters. The summed E-state index contributed by atoms with van der Waals surface area (Å²) in [5, 5.41) is 0.